The average Bonchev–Trinajstić information content (AvgIpc) is 2.93. The summed E-state index contributed by atoms with van der Waals surface area (Å²) in [7, 11) is 0. The van der Waals surface area contributed by atoms with E-state index in [1.165, 1.54) is 5.56 Å². The number of aromatic nitrogens is 2. The van der Waals surface area contributed by atoms with Crippen molar-refractivity contribution in [2.75, 3.05) is 6.54 Å². The fraction of sp³-hybridized carbons (Fsp3) is 0.222. The van der Waals surface area contributed by atoms with Gasteiger partial charge in [-0.3, -0.25) is 4.57 Å². The molecule has 2 N–H and O–H groups in total. The van der Waals surface area contributed by atoms with Crippen LogP contribution in [0.25, 0.3) is 16.7 Å². The molecule has 0 amide bonds. The summed E-state index contributed by atoms with van der Waals surface area (Å²) < 4.78 is 2.13. The van der Waals surface area contributed by atoms with Crippen LogP contribution in [0, 0.1) is 11.3 Å². The number of hydrogen-bond acceptors (Lipinski definition) is 3. The van der Waals surface area contributed by atoms with Gasteiger partial charge in [-0.25, -0.2) is 4.98 Å². The number of benzene rings is 2. The van der Waals surface area contributed by atoms with Gasteiger partial charge in [0, 0.05) is 12.1 Å². The number of nitrogens with zero attached hydrogens (tertiary/aromatic N) is 3. The van der Waals surface area contributed by atoms with E-state index in [1.54, 1.807) is 0 Å². The molecule has 4 nitrogen and oxygen atoms in total. The molecule has 0 spiro atoms. The monoisotopic (exact) mass is 290 g/mol. The molecule has 0 radical (unpaired) electrons. The third kappa shape index (κ3) is 2.47. The summed E-state index contributed by atoms with van der Waals surface area (Å²) in [4.78, 5) is 4.68. The largest absolute Gasteiger partial charge is 0.330 e. The van der Waals surface area contributed by atoms with E-state index in [1.807, 2.05) is 18.2 Å². The van der Waals surface area contributed by atoms with Gasteiger partial charge in [0.05, 0.1) is 22.7 Å². The molecular formula is C18H18N4. The molecule has 0 fully saturated rings. The number of nitriles is 1. The van der Waals surface area contributed by atoms with Gasteiger partial charge in [0.1, 0.15) is 5.82 Å². The second kappa shape index (κ2) is 6.00. The van der Waals surface area contributed by atoms with Crippen LogP contribution in [-0.2, 0) is 12.8 Å². The fourth-order valence-corrected chi connectivity index (χ4v) is 2.70. The molecule has 0 atom stereocenters. The van der Waals surface area contributed by atoms with Gasteiger partial charge in [0.15, 0.2) is 0 Å². The van der Waals surface area contributed by atoms with E-state index in [0.717, 1.165) is 35.4 Å². The standard InChI is InChI=1S/C18H18N4/c1-2-18-21-16-8-5-14(12-20)11-17(16)22(18)15-6-3-13(4-7-15)9-10-19/h3-8,11H,2,9-10,19H2,1H3. The van der Waals surface area contributed by atoms with Crippen LogP contribution in [0.5, 0.6) is 0 Å². The lowest BCUT2D eigenvalue weighted by molar-refractivity contribution is 0.905. The van der Waals surface area contributed by atoms with E-state index in [-0.39, 0.29) is 0 Å². The molecule has 0 aliphatic heterocycles. The maximum Gasteiger partial charge on any atom is 0.114 e. The summed E-state index contributed by atoms with van der Waals surface area (Å²) in [5, 5.41) is 9.13. The van der Waals surface area contributed by atoms with Crippen molar-refractivity contribution in [2.45, 2.75) is 19.8 Å². The number of aryl methyl sites for hydroxylation is 1. The number of imidazole rings is 1. The van der Waals surface area contributed by atoms with Crippen molar-refractivity contribution >= 4 is 11.0 Å². The zero-order valence-electron chi connectivity index (χ0n) is 12.6. The van der Waals surface area contributed by atoms with Gasteiger partial charge in [0.2, 0.25) is 0 Å². The van der Waals surface area contributed by atoms with Gasteiger partial charge in [-0.1, -0.05) is 19.1 Å². The second-order valence-electron chi connectivity index (χ2n) is 5.24. The lowest BCUT2D eigenvalue weighted by Gasteiger charge is -2.09. The number of fused-ring (bicyclic) bond motifs is 1. The van der Waals surface area contributed by atoms with E-state index in [2.05, 4.69) is 46.8 Å². The summed E-state index contributed by atoms with van der Waals surface area (Å²) in [6.07, 6.45) is 1.71. The Morgan fingerprint density at radius 3 is 2.59 bits per heavy atom. The highest BCUT2D eigenvalue weighted by atomic mass is 15.1. The van der Waals surface area contributed by atoms with E-state index < -0.39 is 0 Å². The Morgan fingerprint density at radius 2 is 1.95 bits per heavy atom. The van der Waals surface area contributed by atoms with Gasteiger partial charge in [-0.15, -0.1) is 0 Å². The Hall–Kier alpha value is -2.64. The van der Waals surface area contributed by atoms with Gasteiger partial charge in [0.25, 0.3) is 0 Å². The maximum atomic E-state index is 9.13. The van der Waals surface area contributed by atoms with E-state index >= 15 is 0 Å². The zero-order valence-corrected chi connectivity index (χ0v) is 12.6. The molecule has 22 heavy (non-hydrogen) atoms. The summed E-state index contributed by atoms with van der Waals surface area (Å²) >= 11 is 0. The molecule has 1 aromatic heterocycles. The lowest BCUT2D eigenvalue weighted by atomic mass is 10.1. The molecule has 3 rings (SSSR count). The minimum atomic E-state index is 0.649. The average molecular weight is 290 g/mol. The molecule has 0 saturated heterocycles. The van der Waals surface area contributed by atoms with Gasteiger partial charge in [-0.2, -0.15) is 5.26 Å². The quantitative estimate of drug-likeness (QED) is 0.803. The van der Waals surface area contributed by atoms with E-state index in [9.17, 15) is 0 Å². The first-order chi connectivity index (χ1) is 10.8. The minimum absolute atomic E-state index is 0.649. The topological polar surface area (TPSA) is 67.6 Å². The van der Waals surface area contributed by atoms with Crippen LogP contribution >= 0.6 is 0 Å². The van der Waals surface area contributed by atoms with Crippen molar-refractivity contribution in [3.8, 4) is 11.8 Å². The number of hydrogen-bond donors (Lipinski definition) is 1. The van der Waals surface area contributed by atoms with E-state index in [4.69, 9.17) is 11.0 Å². The first-order valence-electron chi connectivity index (χ1n) is 7.47. The summed E-state index contributed by atoms with van der Waals surface area (Å²) in [5.41, 5.74) is 10.4. The van der Waals surface area contributed by atoms with Crippen LogP contribution in [0.3, 0.4) is 0 Å². The van der Waals surface area contributed by atoms with Crippen LogP contribution < -0.4 is 5.73 Å². The predicted molar refractivity (Wildman–Crippen MR) is 87.9 cm³/mol. The third-order valence-electron chi connectivity index (χ3n) is 3.80. The Bertz CT molecular complexity index is 838. The highest BCUT2D eigenvalue weighted by molar-refractivity contribution is 5.80. The number of nitrogens with two attached hydrogens (primary N) is 1. The molecule has 2 aromatic carbocycles. The van der Waals surface area contributed by atoms with E-state index in [0.29, 0.717) is 12.1 Å². The SMILES string of the molecule is CCc1nc2ccc(C#N)cc2n1-c1ccc(CCN)cc1. The van der Waals surface area contributed by atoms with Crippen LogP contribution in [0.2, 0.25) is 0 Å². The lowest BCUT2D eigenvalue weighted by Crippen LogP contribution is -2.04. The van der Waals surface area contributed by atoms with Crippen molar-refractivity contribution in [1.82, 2.24) is 9.55 Å². The van der Waals surface area contributed by atoms with Crippen molar-refractivity contribution in [2.24, 2.45) is 5.73 Å². The molecule has 0 aliphatic rings. The smallest absolute Gasteiger partial charge is 0.114 e. The Labute approximate surface area is 129 Å². The van der Waals surface area contributed by atoms with Crippen molar-refractivity contribution in [1.29, 1.82) is 5.26 Å². The number of rotatable bonds is 4. The normalized spacial score (nSPS) is 10.8. The fourth-order valence-electron chi connectivity index (χ4n) is 2.70. The van der Waals surface area contributed by atoms with Gasteiger partial charge < -0.3 is 5.73 Å². The highest BCUT2D eigenvalue weighted by Gasteiger charge is 2.11. The first-order valence-corrected chi connectivity index (χ1v) is 7.47. The van der Waals surface area contributed by atoms with Crippen LogP contribution in [0.4, 0.5) is 0 Å². The molecule has 0 unspecified atom stereocenters. The molecule has 1 heterocycles. The molecule has 0 saturated carbocycles. The van der Waals surface area contributed by atoms with Crippen molar-refractivity contribution in [3.05, 3.63) is 59.4 Å². The first kappa shape index (κ1) is 14.3. The predicted octanol–water partition coefficient (Wildman–Crippen LogP) is 2.96. The van der Waals surface area contributed by atoms with Crippen LogP contribution in [0.15, 0.2) is 42.5 Å². The summed E-state index contributed by atoms with van der Waals surface area (Å²) in [6.45, 7) is 2.74. The third-order valence-corrected chi connectivity index (χ3v) is 3.80. The Morgan fingerprint density at radius 1 is 1.18 bits per heavy atom. The molecule has 0 aliphatic carbocycles. The second-order valence-corrected chi connectivity index (χ2v) is 5.24. The minimum Gasteiger partial charge on any atom is -0.330 e. The Balaban J connectivity index is 2.17. The molecule has 4 heteroatoms. The molecule has 0 bridgehead atoms. The van der Waals surface area contributed by atoms with Crippen molar-refractivity contribution in [3.63, 3.8) is 0 Å². The maximum absolute atomic E-state index is 9.13. The molecule has 3 aromatic rings. The Kier molecular flexibility index (Phi) is 3.90. The molecule has 110 valence electrons. The van der Waals surface area contributed by atoms with Gasteiger partial charge >= 0.3 is 0 Å². The van der Waals surface area contributed by atoms with Crippen LogP contribution in [0.1, 0.15) is 23.9 Å². The van der Waals surface area contributed by atoms with Crippen LogP contribution in [-0.4, -0.2) is 16.1 Å². The highest BCUT2D eigenvalue weighted by Crippen LogP contribution is 2.23. The van der Waals surface area contributed by atoms with Gasteiger partial charge in [-0.05, 0) is 48.9 Å². The summed E-state index contributed by atoms with van der Waals surface area (Å²) in [6, 6.07) is 16.2. The van der Waals surface area contributed by atoms with Crippen molar-refractivity contribution < 1.29 is 0 Å². The summed E-state index contributed by atoms with van der Waals surface area (Å²) in [5.74, 6) is 0.997. The molecular weight excluding hydrogens is 272 g/mol. The zero-order chi connectivity index (χ0) is 15.5.